The van der Waals surface area contributed by atoms with Crippen LogP contribution in [0.5, 0.6) is 0 Å². The van der Waals surface area contributed by atoms with Gasteiger partial charge in [0.15, 0.2) is 0 Å². The lowest BCUT2D eigenvalue weighted by atomic mass is 9.70. The summed E-state index contributed by atoms with van der Waals surface area (Å²) in [6.07, 6.45) is 1.10. The Hall–Kier alpha value is -2.86. The van der Waals surface area contributed by atoms with E-state index in [2.05, 4.69) is 86.6 Å². The van der Waals surface area contributed by atoms with Gasteiger partial charge in [0.2, 0.25) is 0 Å². The zero-order valence-electron chi connectivity index (χ0n) is 17.1. The van der Waals surface area contributed by atoms with Crippen LogP contribution in [-0.4, -0.2) is 0 Å². The quantitative estimate of drug-likeness (QED) is 0.387. The predicted molar refractivity (Wildman–Crippen MR) is 119 cm³/mol. The van der Waals surface area contributed by atoms with E-state index in [1.807, 2.05) is 13.8 Å². The third kappa shape index (κ3) is 1.86. The molecule has 0 radical (unpaired) electrons. The molecule has 0 saturated carbocycles. The molecule has 0 atom stereocenters. The van der Waals surface area contributed by atoms with Crippen molar-refractivity contribution in [1.29, 1.82) is 0 Å². The molecule has 0 heterocycles. The van der Waals surface area contributed by atoms with Crippen molar-refractivity contribution < 1.29 is 0 Å². The van der Waals surface area contributed by atoms with Crippen molar-refractivity contribution in [3.05, 3.63) is 112 Å². The number of rotatable bonds is 0. The molecule has 3 aromatic rings. The first-order chi connectivity index (χ1) is 13.7. The summed E-state index contributed by atoms with van der Waals surface area (Å²) in [5.41, 5.74) is 14.5. The molecule has 3 aliphatic carbocycles. The highest BCUT2D eigenvalue weighted by atomic mass is 14.6. The third-order valence-electron chi connectivity index (χ3n) is 6.56. The van der Waals surface area contributed by atoms with Gasteiger partial charge in [-0.05, 0) is 64.8 Å². The van der Waals surface area contributed by atoms with Crippen molar-refractivity contribution in [2.24, 2.45) is 0 Å². The summed E-state index contributed by atoms with van der Waals surface area (Å²) in [5.74, 6) is 0. The monoisotopic (exact) mass is 362 g/mol. The standard InChI is InChI=1S/C26H20.C2H6/c1-16-15-17(2)25-24(16)20-11-5-8-14-23(20)26(25)21-12-6-3-9-18(21)19-10-4-7-13-22(19)26;1-2/h3-14H,15H2,1-2H3;1-2H3. The molecule has 1 spiro atoms. The SMILES string of the molecule is CC.CC1=C2C(=C(C)C1)C1(c3ccccc32)c2ccccc2-c2ccccc21. The minimum absolute atomic E-state index is 0.138. The smallest absolute Gasteiger partial charge is 0.0683 e. The Morgan fingerprint density at radius 3 is 1.54 bits per heavy atom. The molecule has 3 aliphatic rings. The molecule has 0 fully saturated rings. The zero-order valence-corrected chi connectivity index (χ0v) is 17.1. The largest absolute Gasteiger partial charge is 0.0725 e. The minimum Gasteiger partial charge on any atom is -0.0683 e. The molecule has 0 aromatic heterocycles. The van der Waals surface area contributed by atoms with E-state index in [1.165, 1.54) is 50.1 Å². The van der Waals surface area contributed by atoms with Gasteiger partial charge in [-0.1, -0.05) is 97.8 Å². The maximum atomic E-state index is 2.35. The van der Waals surface area contributed by atoms with Crippen LogP contribution in [0.15, 0.2) is 89.5 Å². The summed E-state index contributed by atoms with van der Waals surface area (Å²) in [4.78, 5) is 0. The first-order valence-corrected chi connectivity index (χ1v) is 10.4. The van der Waals surface area contributed by atoms with E-state index >= 15 is 0 Å². The van der Waals surface area contributed by atoms with Crippen LogP contribution >= 0.6 is 0 Å². The van der Waals surface area contributed by atoms with Crippen LogP contribution in [0.3, 0.4) is 0 Å². The predicted octanol–water partition coefficient (Wildman–Crippen LogP) is 7.53. The second kappa shape index (κ2) is 6.07. The summed E-state index contributed by atoms with van der Waals surface area (Å²) in [5, 5.41) is 0. The van der Waals surface area contributed by atoms with Crippen molar-refractivity contribution >= 4 is 5.57 Å². The molecule has 0 aliphatic heterocycles. The van der Waals surface area contributed by atoms with Crippen LogP contribution in [0.25, 0.3) is 16.7 Å². The van der Waals surface area contributed by atoms with E-state index in [4.69, 9.17) is 0 Å². The minimum atomic E-state index is -0.138. The maximum absolute atomic E-state index is 2.35. The van der Waals surface area contributed by atoms with Gasteiger partial charge >= 0.3 is 0 Å². The molecule has 0 N–H and O–H groups in total. The Bertz CT molecular complexity index is 1120. The van der Waals surface area contributed by atoms with Crippen molar-refractivity contribution in [2.45, 2.75) is 39.5 Å². The van der Waals surface area contributed by atoms with Crippen LogP contribution < -0.4 is 0 Å². The molecule has 28 heavy (non-hydrogen) atoms. The van der Waals surface area contributed by atoms with E-state index in [0.29, 0.717) is 0 Å². The van der Waals surface area contributed by atoms with E-state index in [-0.39, 0.29) is 5.41 Å². The Morgan fingerprint density at radius 2 is 1.00 bits per heavy atom. The third-order valence-corrected chi connectivity index (χ3v) is 6.56. The lowest BCUT2D eigenvalue weighted by Gasteiger charge is -2.31. The van der Waals surface area contributed by atoms with Crippen LogP contribution in [0.2, 0.25) is 0 Å². The summed E-state index contributed by atoms with van der Waals surface area (Å²) in [6, 6.07) is 27.1. The summed E-state index contributed by atoms with van der Waals surface area (Å²) in [6.45, 7) is 8.65. The molecular weight excluding hydrogens is 336 g/mol. The average Bonchev–Trinajstić information content (AvgIpc) is 3.34. The van der Waals surface area contributed by atoms with Gasteiger partial charge in [-0.2, -0.15) is 0 Å². The van der Waals surface area contributed by atoms with Gasteiger partial charge in [0.1, 0.15) is 0 Å². The van der Waals surface area contributed by atoms with Crippen molar-refractivity contribution in [3.63, 3.8) is 0 Å². The van der Waals surface area contributed by atoms with E-state index < -0.39 is 0 Å². The number of hydrogen-bond donors (Lipinski definition) is 0. The number of fused-ring (bicyclic) bond motifs is 10. The number of allylic oxidation sites excluding steroid dienone is 4. The van der Waals surface area contributed by atoms with Crippen LogP contribution in [0.1, 0.15) is 56.4 Å². The molecule has 138 valence electrons. The van der Waals surface area contributed by atoms with Crippen molar-refractivity contribution in [1.82, 2.24) is 0 Å². The number of hydrogen-bond acceptors (Lipinski definition) is 0. The van der Waals surface area contributed by atoms with Crippen LogP contribution in [0, 0.1) is 0 Å². The molecule has 0 heteroatoms. The first kappa shape index (κ1) is 17.3. The molecule has 3 aromatic carbocycles. The van der Waals surface area contributed by atoms with Crippen LogP contribution in [-0.2, 0) is 5.41 Å². The zero-order chi connectivity index (χ0) is 19.5. The fourth-order valence-corrected chi connectivity index (χ4v) is 5.83. The van der Waals surface area contributed by atoms with Gasteiger partial charge in [-0.25, -0.2) is 0 Å². The van der Waals surface area contributed by atoms with Crippen LogP contribution in [0.4, 0.5) is 0 Å². The summed E-state index contributed by atoms with van der Waals surface area (Å²) >= 11 is 0. The van der Waals surface area contributed by atoms with Gasteiger partial charge < -0.3 is 0 Å². The van der Waals surface area contributed by atoms with Gasteiger partial charge in [-0.15, -0.1) is 0 Å². The van der Waals surface area contributed by atoms with Gasteiger partial charge in [0.05, 0.1) is 5.41 Å². The fraction of sp³-hybridized carbons (Fsp3) is 0.214. The van der Waals surface area contributed by atoms with E-state index in [1.54, 1.807) is 5.57 Å². The van der Waals surface area contributed by atoms with Gasteiger partial charge in [-0.3, -0.25) is 0 Å². The molecule has 6 rings (SSSR count). The summed E-state index contributed by atoms with van der Waals surface area (Å²) in [7, 11) is 0. The first-order valence-electron chi connectivity index (χ1n) is 10.4. The molecule has 0 unspecified atom stereocenters. The second-order valence-electron chi connectivity index (χ2n) is 7.87. The lowest BCUT2D eigenvalue weighted by Crippen LogP contribution is -2.26. The van der Waals surface area contributed by atoms with E-state index in [0.717, 1.165) is 6.42 Å². The second-order valence-corrected chi connectivity index (χ2v) is 7.87. The van der Waals surface area contributed by atoms with Crippen molar-refractivity contribution in [2.75, 3.05) is 0 Å². The lowest BCUT2D eigenvalue weighted by molar-refractivity contribution is 0.784. The molecule has 0 saturated heterocycles. The topological polar surface area (TPSA) is 0 Å². The average molecular weight is 363 g/mol. The number of benzene rings is 3. The van der Waals surface area contributed by atoms with Gasteiger partial charge in [0.25, 0.3) is 0 Å². The normalized spacial score (nSPS) is 17.1. The molecule has 0 amide bonds. The van der Waals surface area contributed by atoms with E-state index in [9.17, 15) is 0 Å². The highest BCUT2D eigenvalue weighted by molar-refractivity contribution is 6.02. The van der Waals surface area contributed by atoms with Crippen molar-refractivity contribution in [3.8, 4) is 11.1 Å². The Kier molecular flexibility index (Phi) is 3.74. The Balaban J connectivity index is 0.000000829. The Labute approximate surface area is 168 Å². The fourth-order valence-electron chi connectivity index (χ4n) is 5.83. The maximum Gasteiger partial charge on any atom is 0.0725 e. The van der Waals surface area contributed by atoms with Gasteiger partial charge in [0, 0.05) is 0 Å². The Morgan fingerprint density at radius 1 is 0.571 bits per heavy atom. The summed E-state index contributed by atoms with van der Waals surface area (Å²) < 4.78 is 0. The molecule has 0 bridgehead atoms. The molecule has 0 nitrogen and oxygen atoms in total. The highest BCUT2D eigenvalue weighted by Crippen LogP contribution is 2.66. The highest BCUT2D eigenvalue weighted by Gasteiger charge is 2.55. The molecular formula is C28H26.